The molecule has 2 aliphatic rings. The van der Waals surface area contributed by atoms with E-state index in [4.69, 9.17) is 0 Å². The van der Waals surface area contributed by atoms with Gasteiger partial charge in [0.15, 0.2) is 0 Å². The maximum absolute atomic E-state index is 12.1. The molecule has 0 aromatic carbocycles. The van der Waals surface area contributed by atoms with Gasteiger partial charge < -0.3 is 15.2 Å². The number of hydrogen-bond acceptors (Lipinski definition) is 2. The summed E-state index contributed by atoms with van der Waals surface area (Å²) in [5, 5.41) is 3.09. The number of carbonyl (C=O) groups is 2. The molecule has 1 aromatic rings. The number of aromatic amines is 1. The van der Waals surface area contributed by atoms with Gasteiger partial charge in [0.25, 0.3) is 5.91 Å². The van der Waals surface area contributed by atoms with Crippen LogP contribution in [0.3, 0.4) is 0 Å². The molecule has 1 saturated heterocycles. The zero-order valence-corrected chi connectivity index (χ0v) is 12.8. The summed E-state index contributed by atoms with van der Waals surface area (Å²) in [7, 11) is 0. The molecule has 2 fully saturated rings. The molecule has 1 saturated carbocycles. The Bertz CT molecular complexity index is 556. The van der Waals surface area contributed by atoms with Gasteiger partial charge in [-0.05, 0) is 44.2 Å². The third-order valence-corrected chi connectivity index (χ3v) is 5.08. The highest BCUT2D eigenvalue weighted by Gasteiger charge is 2.46. The van der Waals surface area contributed by atoms with Gasteiger partial charge in [0.05, 0.1) is 0 Å². The number of H-pyrrole nitrogens is 1. The molecule has 2 amide bonds. The average molecular weight is 301 g/mol. The molecule has 5 nitrogen and oxygen atoms in total. The van der Waals surface area contributed by atoms with Crippen LogP contribution in [0.15, 0.2) is 31.0 Å². The van der Waals surface area contributed by atoms with Crippen LogP contribution in [0.25, 0.3) is 0 Å². The fourth-order valence-electron chi connectivity index (χ4n) is 3.85. The summed E-state index contributed by atoms with van der Waals surface area (Å²) in [6.07, 6.45) is 8.92. The van der Waals surface area contributed by atoms with E-state index in [2.05, 4.69) is 16.9 Å². The molecule has 2 heterocycles. The Labute approximate surface area is 130 Å². The molecule has 0 radical (unpaired) electrons. The Morgan fingerprint density at radius 2 is 2.23 bits per heavy atom. The minimum atomic E-state index is -0.0450. The number of aromatic nitrogens is 1. The highest BCUT2D eigenvalue weighted by molar-refractivity contribution is 5.92. The lowest BCUT2D eigenvalue weighted by Gasteiger charge is -2.43. The van der Waals surface area contributed by atoms with Gasteiger partial charge in [-0.25, -0.2) is 0 Å². The highest BCUT2D eigenvalue weighted by atomic mass is 16.2. The molecule has 0 bridgehead atoms. The molecule has 5 heteroatoms. The summed E-state index contributed by atoms with van der Waals surface area (Å²) in [5.74, 6) is 0.199. The van der Waals surface area contributed by atoms with E-state index in [9.17, 15) is 9.59 Å². The van der Waals surface area contributed by atoms with Gasteiger partial charge in [-0.1, -0.05) is 6.08 Å². The van der Waals surface area contributed by atoms with Crippen LogP contribution in [0.1, 0.15) is 49.0 Å². The van der Waals surface area contributed by atoms with E-state index in [-0.39, 0.29) is 23.4 Å². The second-order valence-corrected chi connectivity index (χ2v) is 6.35. The van der Waals surface area contributed by atoms with Crippen molar-refractivity contribution in [3.05, 3.63) is 36.7 Å². The molecular weight excluding hydrogens is 278 g/mol. The van der Waals surface area contributed by atoms with Crippen molar-refractivity contribution < 1.29 is 9.59 Å². The van der Waals surface area contributed by atoms with Crippen molar-refractivity contribution in [2.75, 3.05) is 6.54 Å². The van der Waals surface area contributed by atoms with Crippen LogP contribution in [0.2, 0.25) is 0 Å². The molecule has 1 spiro atoms. The highest BCUT2D eigenvalue weighted by Crippen LogP contribution is 2.42. The predicted octanol–water partition coefficient (Wildman–Crippen LogP) is 2.23. The zero-order chi connectivity index (χ0) is 15.6. The third kappa shape index (κ3) is 2.67. The Hall–Kier alpha value is -2.04. The van der Waals surface area contributed by atoms with Crippen LogP contribution in [-0.2, 0) is 4.79 Å². The topological polar surface area (TPSA) is 65.2 Å². The van der Waals surface area contributed by atoms with Gasteiger partial charge in [0, 0.05) is 30.7 Å². The first-order valence-corrected chi connectivity index (χ1v) is 8.00. The van der Waals surface area contributed by atoms with E-state index in [1.54, 1.807) is 12.3 Å². The van der Waals surface area contributed by atoms with Crippen LogP contribution >= 0.6 is 0 Å². The van der Waals surface area contributed by atoms with Crippen LogP contribution in [-0.4, -0.2) is 39.8 Å². The van der Waals surface area contributed by atoms with Gasteiger partial charge in [-0.15, -0.1) is 6.58 Å². The largest absolute Gasteiger partial charge is 0.357 e. The van der Waals surface area contributed by atoms with Gasteiger partial charge in [-0.3, -0.25) is 9.59 Å². The average Bonchev–Trinajstić information content (AvgIpc) is 3.15. The van der Waals surface area contributed by atoms with E-state index in [1.165, 1.54) is 0 Å². The predicted molar refractivity (Wildman–Crippen MR) is 84.4 cm³/mol. The molecule has 0 atom stereocenters. The Kier molecular flexibility index (Phi) is 4.05. The van der Waals surface area contributed by atoms with E-state index >= 15 is 0 Å². The van der Waals surface area contributed by atoms with Crippen molar-refractivity contribution in [3.63, 3.8) is 0 Å². The SMILES string of the molecule is C=CCN1C(=O)CCC12CCC(NC(=O)c1ccc[nH]1)CC2. The summed E-state index contributed by atoms with van der Waals surface area (Å²) >= 11 is 0. The van der Waals surface area contributed by atoms with Crippen molar-refractivity contribution in [2.45, 2.75) is 50.1 Å². The lowest BCUT2D eigenvalue weighted by atomic mass is 9.77. The molecule has 1 aliphatic carbocycles. The van der Waals surface area contributed by atoms with E-state index in [1.807, 2.05) is 17.0 Å². The molecule has 2 N–H and O–H groups in total. The Balaban J connectivity index is 1.59. The van der Waals surface area contributed by atoms with Gasteiger partial charge in [-0.2, -0.15) is 0 Å². The summed E-state index contributed by atoms with van der Waals surface area (Å²) in [4.78, 5) is 29.1. The molecule has 1 aromatic heterocycles. The van der Waals surface area contributed by atoms with Gasteiger partial charge >= 0.3 is 0 Å². The van der Waals surface area contributed by atoms with Crippen molar-refractivity contribution in [1.82, 2.24) is 15.2 Å². The molecular formula is C17H23N3O2. The second kappa shape index (κ2) is 5.99. The van der Waals surface area contributed by atoms with Crippen LogP contribution in [0.4, 0.5) is 0 Å². The fraction of sp³-hybridized carbons (Fsp3) is 0.529. The number of nitrogens with zero attached hydrogens (tertiary/aromatic N) is 1. The summed E-state index contributed by atoms with van der Waals surface area (Å²) < 4.78 is 0. The fourth-order valence-corrected chi connectivity index (χ4v) is 3.85. The smallest absolute Gasteiger partial charge is 0.267 e. The normalized spacial score (nSPS) is 28.1. The number of nitrogens with one attached hydrogen (secondary N) is 2. The van der Waals surface area contributed by atoms with E-state index in [0.29, 0.717) is 18.7 Å². The van der Waals surface area contributed by atoms with Crippen molar-refractivity contribution >= 4 is 11.8 Å². The summed E-state index contributed by atoms with van der Waals surface area (Å²) in [6, 6.07) is 3.80. The Morgan fingerprint density at radius 3 is 2.86 bits per heavy atom. The number of rotatable bonds is 4. The minimum absolute atomic E-state index is 0.00106. The maximum atomic E-state index is 12.1. The minimum Gasteiger partial charge on any atom is -0.357 e. The Morgan fingerprint density at radius 1 is 1.45 bits per heavy atom. The molecule has 118 valence electrons. The molecule has 22 heavy (non-hydrogen) atoms. The lowest BCUT2D eigenvalue weighted by Crippen LogP contribution is -2.51. The lowest BCUT2D eigenvalue weighted by molar-refractivity contribution is -0.131. The monoisotopic (exact) mass is 301 g/mol. The number of amides is 2. The number of likely N-dealkylation sites (tertiary alicyclic amines) is 1. The summed E-state index contributed by atoms with van der Waals surface area (Å²) in [5.41, 5.74) is 0.600. The first-order valence-electron chi connectivity index (χ1n) is 8.00. The standard InChI is InChI=1S/C17H23N3O2/c1-2-12-20-15(21)7-10-17(20)8-5-13(6-9-17)19-16(22)14-4-3-11-18-14/h2-4,11,13,18H,1,5-10,12H2,(H,19,22). The molecule has 0 unspecified atom stereocenters. The van der Waals surface area contributed by atoms with Gasteiger partial charge in [0.2, 0.25) is 5.91 Å². The second-order valence-electron chi connectivity index (χ2n) is 6.35. The van der Waals surface area contributed by atoms with Crippen LogP contribution < -0.4 is 5.32 Å². The molecule has 1 aliphatic heterocycles. The number of carbonyl (C=O) groups excluding carboxylic acids is 2. The zero-order valence-electron chi connectivity index (χ0n) is 12.8. The van der Waals surface area contributed by atoms with E-state index in [0.717, 1.165) is 32.1 Å². The van der Waals surface area contributed by atoms with E-state index < -0.39 is 0 Å². The first-order chi connectivity index (χ1) is 10.6. The maximum Gasteiger partial charge on any atom is 0.267 e. The van der Waals surface area contributed by atoms with Crippen molar-refractivity contribution in [2.24, 2.45) is 0 Å². The number of hydrogen-bond donors (Lipinski definition) is 2. The quantitative estimate of drug-likeness (QED) is 0.838. The van der Waals surface area contributed by atoms with Crippen molar-refractivity contribution in [3.8, 4) is 0 Å². The van der Waals surface area contributed by atoms with Gasteiger partial charge in [0.1, 0.15) is 5.69 Å². The third-order valence-electron chi connectivity index (χ3n) is 5.08. The van der Waals surface area contributed by atoms with Crippen molar-refractivity contribution in [1.29, 1.82) is 0 Å². The summed E-state index contributed by atoms with van der Waals surface area (Å²) in [6.45, 7) is 4.40. The van der Waals surface area contributed by atoms with Crippen LogP contribution in [0, 0.1) is 0 Å². The molecule has 3 rings (SSSR count). The first kappa shape index (κ1) is 14.9. The van der Waals surface area contributed by atoms with Crippen LogP contribution in [0.5, 0.6) is 0 Å².